The molecule has 4 nitrogen and oxygen atoms in total. The SMILES string of the molecule is Cc1cccc(OCC(=O)NCc2ccc(-c3ccc(Cl)cc3)o2)c1C. The monoisotopic (exact) mass is 369 g/mol. The van der Waals surface area contributed by atoms with Crippen LogP contribution in [0.2, 0.25) is 5.02 Å². The molecule has 0 radical (unpaired) electrons. The number of furan rings is 1. The van der Waals surface area contributed by atoms with E-state index in [9.17, 15) is 4.79 Å². The molecular formula is C21H20ClNO3. The van der Waals surface area contributed by atoms with Crippen LogP contribution in [-0.4, -0.2) is 12.5 Å². The van der Waals surface area contributed by atoms with E-state index in [4.69, 9.17) is 20.8 Å². The van der Waals surface area contributed by atoms with Crippen molar-refractivity contribution < 1.29 is 13.9 Å². The van der Waals surface area contributed by atoms with Gasteiger partial charge < -0.3 is 14.5 Å². The second-order valence-electron chi connectivity index (χ2n) is 6.04. The average Bonchev–Trinajstić information content (AvgIpc) is 3.11. The Morgan fingerprint density at radius 1 is 1.08 bits per heavy atom. The lowest BCUT2D eigenvalue weighted by Crippen LogP contribution is -2.28. The van der Waals surface area contributed by atoms with Gasteiger partial charge in [0.15, 0.2) is 6.61 Å². The third kappa shape index (κ3) is 4.46. The smallest absolute Gasteiger partial charge is 0.258 e. The van der Waals surface area contributed by atoms with E-state index in [1.54, 1.807) is 0 Å². The van der Waals surface area contributed by atoms with E-state index in [0.717, 1.165) is 28.2 Å². The van der Waals surface area contributed by atoms with Crippen LogP contribution in [0.5, 0.6) is 5.75 Å². The van der Waals surface area contributed by atoms with Gasteiger partial charge in [-0.25, -0.2) is 0 Å². The number of carbonyl (C=O) groups is 1. The van der Waals surface area contributed by atoms with E-state index < -0.39 is 0 Å². The predicted octanol–water partition coefficient (Wildman–Crippen LogP) is 4.91. The van der Waals surface area contributed by atoms with Crippen LogP contribution in [0.1, 0.15) is 16.9 Å². The lowest BCUT2D eigenvalue weighted by Gasteiger charge is -2.10. The van der Waals surface area contributed by atoms with Gasteiger partial charge in [0.05, 0.1) is 6.54 Å². The molecule has 0 saturated heterocycles. The summed E-state index contributed by atoms with van der Waals surface area (Å²) in [7, 11) is 0. The van der Waals surface area contributed by atoms with Crippen molar-refractivity contribution >= 4 is 17.5 Å². The van der Waals surface area contributed by atoms with E-state index in [2.05, 4.69) is 5.32 Å². The van der Waals surface area contributed by atoms with Gasteiger partial charge in [-0.1, -0.05) is 23.7 Å². The number of hydrogen-bond donors (Lipinski definition) is 1. The molecule has 0 aliphatic rings. The van der Waals surface area contributed by atoms with Crippen LogP contribution in [-0.2, 0) is 11.3 Å². The van der Waals surface area contributed by atoms with Crippen molar-refractivity contribution in [1.29, 1.82) is 0 Å². The molecule has 0 fully saturated rings. The standard InChI is InChI=1S/C21H20ClNO3/c1-14-4-3-5-19(15(14)2)25-13-21(24)23-12-18-10-11-20(26-18)16-6-8-17(22)9-7-16/h3-11H,12-13H2,1-2H3,(H,23,24). The van der Waals surface area contributed by atoms with Gasteiger partial charge in [-0.05, 0) is 67.4 Å². The molecule has 1 amide bonds. The maximum atomic E-state index is 12.0. The lowest BCUT2D eigenvalue weighted by molar-refractivity contribution is -0.123. The summed E-state index contributed by atoms with van der Waals surface area (Å²) >= 11 is 5.89. The third-order valence-corrected chi connectivity index (χ3v) is 4.42. The molecule has 1 aromatic heterocycles. The minimum atomic E-state index is -0.199. The van der Waals surface area contributed by atoms with Gasteiger partial charge in [0, 0.05) is 10.6 Å². The van der Waals surface area contributed by atoms with Crippen molar-refractivity contribution in [2.45, 2.75) is 20.4 Å². The number of ether oxygens (including phenoxy) is 1. The Labute approximate surface area is 157 Å². The Kier molecular flexibility index (Phi) is 5.64. The van der Waals surface area contributed by atoms with E-state index in [0.29, 0.717) is 17.3 Å². The quantitative estimate of drug-likeness (QED) is 0.671. The summed E-state index contributed by atoms with van der Waals surface area (Å²) in [6, 6.07) is 16.9. The molecule has 0 unspecified atom stereocenters. The number of rotatable bonds is 6. The zero-order chi connectivity index (χ0) is 18.5. The molecule has 0 aliphatic heterocycles. The maximum Gasteiger partial charge on any atom is 0.258 e. The predicted molar refractivity (Wildman–Crippen MR) is 102 cm³/mol. The first-order chi connectivity index (χ1) is 12.5. The zero-order valence-corrected chi connectivity index (χ0v) is 15.5. The van der Waals surface area contributed by atoms with Crippen molar-refractivity contribution in [3.05, 3.63) is 76.5 Å². The van der Waals surface area contributed by atoms with Crippen molar-refractivity contribution in [1.82, 2.24) is 5.32 Å². The van der Waals surface area contributed by atoms with E-state index >= 15 is 0 Å². The van der Waals surface area contributed by atoms with Crippen LogP contribution in [0.3, 0.4) is 0 Å². The molecular weight excluding hydrogens is 350 g/mol. The van der Waals surface area contributed by atoms with Crippen LogP contribution < -0.4 is 10.1 Å². The van der Waals surface area contributed by atoms with Crippen LogP contribution in [0.15, 0.2) is 59.0 Å². The number of hydrogen-bond acceptors (Lipinski definition) is 3. The molecule has 5 heteroatoms. The summed E-state index contributed by atoms with van der Waals surface area (Å²) in [5.74, 6) is 1.94. The first-order valence-corrected chi connectivity index (χ1v) is 8.71. The third-order valence-electron chi connectivity index (χ3n) is 4.16. The zero-order valence-electron chi connectivity index (χ0n) is 14.7. The van der Waals surface area contributed by atoms with Gasteiger partial charge in [-0.3, -0.25) is 4.79 Å². The first kappa shape index (κ1) is 18.1. The normalized spacial score (nSPS) is 10.6. The summed E-state index contributed by atoms with van der Waals surface area (Å²) in [6.07, 6.45) is 0. The summed E-state index contributed by atoms with van der Waals surface area (Å²) in [4.78, 5) is 12.0. The van der Waals surface area contributed by atoms with Gasteiger partial charge in [0.2, 0.25) is 0 Å². The fourth-order valence-corrected chi connectivity index (χ4v) is 2.63. The molecule has 0 spiro atoms. The van der Waals surface area contributed by atoms with Crippen molar-refractivity contribution in [2.24, 2.45) is 0 Å². The Morgan fingerprint density at radius 2 is 1.85 bits per heavy atom. The highest BCUT2D eigenvalue weighted by Gasteiger charge is 2.09. The van der Waals surface area contributed by atoms with Crippen LogP contribution >= 0.6 is 11.6 Å². The van der Waals surface area contributed by atoms with Crippen molar-refractivity contribution in [2.75, 3.05) is 6.61 Å². The number of carbonyl (C=O) groups excluding carboxylic acids is 1. The molecule has 3 rings (SSSR count). The number of halogens is 1. The highest BCUT2D eigenvalue weighted by Crippen LogP contribution is 2.24. The molecule has 0 bridgehead atoms. The molecule has 1 N–H and O–H groups in total. The summed E-state index contributed by atoms with van der Waals surface area (Å²) in [6.45, 7) is 4.26. The van der Waals surface area contributed by atoms with Gasteiger partial charge in [0.25, 0.3) is 5.91 Å². The first-order valence-electron chi connectivity index (χ1n) is 8.33. The van der Waals surface area contributed by atoms with Gasteiger partial charge in [0.1, 0.15) is 17.3 Å². The van der Waals surface area contributed by atoms with Crippen molar-refractivity contribution in [3.63, 3.8) is 0 Å². The molecule has 1 heterocycles. The molecule has 26 heavy (non-hydrogen) atoms. The Hall–Kier alpha value is -2.72. The van der Waals surface area contributed by atoms with Crippen LogP contribution in [0.25, 0.3) is 11.3 Å². The second-order valence-corrected chi connectivity index (χ2v) is 6.47. The second kappa shape index (κ2) is 8.11. The summed E-state index contributed by atoms with van der Waals surface area (Å²) < 4.78 is 11.4. The highest BCUT2D eigenvalue weighted by atomic mass is 35.5. The van der Waals surface area contributed by atoms with E-state index in [1.165, 1.54) is 0 Å². The number of benzene rings is 2. The molecule has 134 valence electrons. The maximum absolute atomic E-state index is 12.0. The Bertz CT molecular complexity index is 900. The summed E-state index contributed by atoms with van der Waals surface area (Å²) in [5, 5.41) is 3.48. The topological polar surface area (TPSA) is 51.5 Å². The lowest BCUT2D eigenvalue weighted by atomic mass is 10.1. The molecule has 3 aromatic rings. The van der Waals surface area contributed by atoms with E-state index in [1.807, 2.05) is 68.4 Å². The number of amides is 1. The number of aryl methyl sites for hydroxylation is 1. The van der Waals surface area contributed by atoms with Crippen molar-refractivity contribution in [3.8, 4) is 17.1 Å². The fraction of sp³-hybridized carbons (Fsp3) is 0.190. The highest BCUT2D eigenvalue weighted by molar-refractivity contribution is 6.30. The van der Waals surface area contributed by atoms with E-state index in [-0.39, 0.29) is 12.5 Å². The average molecular weight is 370 g/mol. The number of nitrogens with one attached hydrogen (secondary N) is 1. The molecule has 0 aliphatic carbocycles. The van der Waals surface area contributed by atoms with Gasteiger partial charge >= 0.3 is 0 Å². The minimum Gasteiger partial charge on any atom is -0.483 e. The fourth-order valence-electron chi connectivity index (χ4n) is 2.50. The molecule has 2 aromatic carbocycles. The van der Waals surface area contributed by atoms with Gasteiger partial charge in [-0.2, -0.15) is 0 Å². The molecule has 0 saturated carbocycles. The Balaban J connectivity index is 1.52. The van der Waals surface area contributed by atoms with Crippen LogP contribution in [0, 0.1) is 13.8 Å². The molecule has 0 atom stereocenters. The Morgan fingerprint density at radius 3 is 2.62 bits per heavy atom. The largest absolute Gasteiger partial charge is 0.483 e. The summed E-state index contributed by atoms with van der Waals surface area (Å²) in [5.41, 5.74) is 3.11. The van der Waals surface area contributed by atoms with Crippen LogP contribution in [0.4, 0.5) is 0 Å². The van der Waals surface area contributed by atoms with Gasteiger partial charge in [-0.15, -0.1) is 0 Å². The minimum absolute atomic E-state index is 0.0327.